The number of hydrogen-bond acceptors (Lipinski definition) is 2. The number of anilines is 1. The molecule has 4 nitrogen and oxygen atoms in total. The van der Waals surface area contributed by atoms with Crippen LogP contribution in [0.4, 0.5) is 5.69 Å². The van der Waals surface area contributed by atoms with Gasteiger partial charge in [-0.1, -0.05) is 41.8 Å². The maximum absolute atomic E-state index is 11.9. The Morgan fingerprint density at radius 1 is 1.20 bits per heavy atom. The Morgan fingerprint density at radius 3 is 2.65 bits per heavy atom. The van der Waals surface area contributed by atoms with Gasteiger partial charge in [-0.3, -0.25) is 9.59 Å². The predicted molar refractivity (Wildman–Crippen MR) is 82.3 cm³/mol. The first-order valence-electron chi connectivity index (χ1n) is 6.93. The molecule has 1 aromatic rings. The molecule has 2 amide bonds. The predicted octanol–water partition coefficient (Wildman–Crippen LogP) is 3.08. The molecule has 1 aliphatic rings. The fraction of sp³-hybridized carbons (Fsp3) is 0.467. The summed E-state index contributed by atoms with van der Waals surface area (Å²) >= 11 is 3.32. The third-order valence-corrected chi connectivity index (χ3v) is 4.21. The second-order valence-corrected chi connectivity index (χ2v) is 6.22. The summed E-state index contributed by atoms with van der Waals surface area (Å²) < 4.78 is 0.858. The normalized spacial score (nSPS) is 22.1. The molecule has 1 aliphatic carbocycles. The van der Waals surface area contributed by atoms with E-state index < -0.39 is 11.8 Å². The van der Waals surface area contributed by atoms with Gasteiger partial charge in [0.15, 0.2) is 0 Å². The first-order valence-corrected chi connectivity index (χ1v) is 7.73. The van der Waals surface area contributed by atoms with Crippen LogP contribution in [0, 0.1) is 5.92 Å². The van der Waals surface area contributed by atoms with Gasteiger partial charge in [-0.2, -0.15) is 0 Å². The highest BCUT2D eigenvalue weighted by Crippen LogP contribution is 2.23. The van der Waals surface area contributed by atoms with Gasteiger partial charge >= 0.3 is 11.8 Å². The summed E-state index contributed by atoms with van der Waals surface area (Å²) in [7, 11) is 0. The van der Waals surface area contributed by atoms with E-state index in [0.29, 0.717) is 11.6 Å². The average molecular weight is 339 g/mol. The number of rotatable bonds is 2. The Bertz CT molecular complexity index is 504. The molecule has 0 aromatic heterocycles. The third kappa shape index (κ3) is 4.07. The van der Waals surface area contributed by atoms with Crippen molar-refractivity contribution in [3.05, 3.63) is 28.7 Å². The molecule has 108 valence electrons. The van der Waals surface area contributed by atoms with E-state index in [2.05, 4.69) is 33.5 Å². The summed E-state index contributed by atoms with van der Waals surface area (Å²) in [6, 6.07) is 7.29. The number of halogens is 1. The maximum Gasteiger partial charge on any atom is 0.313 e. The van der Waals surface area contributed by atoms with Gasteiger partial charge in [-0.05, 0) is 37.0 Å². The number of benzene rings is 1. The van der Waals surface area contributed by atoms with Crippen LogP contribution in [-0.2, 0) is 9.59 Å². The van der Waals surface area contributed by atoms with Gasteiger partial charge in [0.05, 0.1) is 0 Å². The fourth-order valence-corrected chi connectivity index (χ4v) is 2.92. The van der Waals surface area contributed by atoms with Crippen LogP contribution in [0.15, 0.2) is 28.7 Å². The monoisotopic (exact) mass is 338 g/mol. The Balaban J connectivity index is 1.90. The Morgan fingerprint density at radius 2 is 1.95 bits per heavy atom. The molecule has 0 bridgehead atoms. The highest BCUT2D eigenvalue weighted by Gasteiger charge is 2.25. The van der Waals surface area contributed by atoms with Crippen LogP contribution in [0.5, 0.6) is 0 Å². The summed E-state index contributed by atoms with van der Waals surface area (Å²) in [6.07, 6.45) is 4.38. The van der Waals surface area contributed by atoms with Crippen LogP contribution >= 0.6 is 15.9 Å². The Hall–Kier alpha value is -1.36. The lowest BCUT2D eigenvalue weighted by Gasteiger charge is -2.29. The molecule has 1 saturated carbocycles. The first kappa shape index (κ1) is 15.0. The second kappa shape index (κ2) is 6.88. The van der Waals surface area contributed by atoms with Gasteiger partial charge < -0.3 is 10.6 Å². The summed E-state index contributed by atoms with van der Waals surface area (Å²) in [5, 5.41) is 5.45. The minimum absolute atomic E-state index is 0.115. The van der Waals surface area contributed by atoms with Gasteiger partial charge in [0.25, 0.3) is 0 Å². The van der Waals surface area contributed by atoms with Crippen molar-refractivity contribution in [2.24, 2.45) is 5.92 Å². The fourth-order valence-electron chi connectivity index (χ4n) is 2.52. The summed E-state index contributed by atoms with van der Waals surface area (Å²) in [6.45, 7) is 2.12. The molecular weight excluding hydrogens is 320 g/mol. The third-order valence-electron chi connectivity index (χ3n) is 3.72. The number of nitrogens with one attached hydrogen (secondary N) is 2. The van der Waals surface area contributed by atoms with Crippen LogP contribution in [-0.4, -0.2) is 17.9 Å². The lowest BCUT2D eigenvalue weighted by molar-refractivity contribution is -0.137. The van der Waals surface area contributed by atoms with Crippen molar-refractivity contribution in [3.63, 3.8) is 0 Å². The second-order valence-electron chi connectivity index (χ2n) is 5.31. The lowest BCUT2D eigenvalue weighted by Crippen LogP contribution is -2.45. The van der Waals surface area contributed by atoms with E-state index >= 15 is 0 Å². The van der Waals surface area contributed by atoms with Crippen molar-refractivity contribution in [2.45, 2.75) is 38.6 Å². The molecule has 20 heavy (non-hydrogen) atoms. The van der Waals surface area contributed by atoms with Crippen LogP contribution in [0.25, 0.3) is 0 Å². The van der Waals surface area contributed by atoms with E-state index in [4.69, 9.17) is 0 Å². The average Bonchev–Trinajstić information content (AvgIpc) is 2.41. The Labute approximate surface area is 127 Å². The minimum Gasteiger partial charge on any atom is -0.345 e. The number of carbonyl (C=O) groups excluding carboxylic acids is 2. The van der Waals surface area contributed by atoms with Crippen molar-refractivity contribution >= 4 is 33.4 Å². The molecule has 1 aromatic carbocycles. The van der Waals surface area contributed by atoms with Gasteiger partial charge in [-0.25, -0.2) is 0 Å². The molecule has 0 heterocycles. The molecule has 0 radical (unpaired) electrons. The highest BCUT2D eigenvalue weighted by molar-refractivity contribution is 9.10. The van der Waals surface area contributed by atoms with Crippen LogP contribution in [0.2, 0.25) is 0 Å². The lowest BCUT2D eigenvalue weighted by atomic mass is 9.86. The van der Waals surface area contributed by atoms with E-state index in [-0.39, 0.29) is 6.04 Å². The topological polar surface area (TPSA) is 58.2 Å². The van der Waals surface area contributed by atoms with Crippen molar-refractivity contribution in [1.82, 2.24) is 5.32 Å². The zero-order chi connectivity index (χ0) is 14.5. The zero-order valence-electron chi connectivity index (χ0n) is 11.5. The Kier molecular flexibility index (Phi) is 5.17. The first-order chi connectivity index (χ1) is 9.56. The zero-order valence-corrected chi connectivity index (χ0v) is 13.1. The van der Waals surface area contributed by atoms with Gasteiger partial charge in [-0.15, -0.1) is 0 Å². The number of hydrogen-bond donors (Lipinski definition) is 2. The van der Waals surface area contributed by atoms with Gasteiger partial charge in [0.1, 0.15) is 0 Å². The van der Waals surface area contributed by atoms with Crippen LogP contribution in [0.3, 0.4) is 0 Å². The van der Waals surface area contributed by atoms with E-state index in [1.54, 1.807) is 18.2 Å². The van der Waals surface area contributed by atoms with Crippen molar-refractivity contribution in [2.75, 3.05) is 5.32 Å². The van der Waals surface area contributed by atoms with E-state index in [9.17, 15) is 9.59 Å². The van der Waals surface area contributed by atoms with E-state index in [0.717, 1.165) is 23.7 Å². The van der Waals surface area contributed by atoms with Crippen molar-refractivity contribution in [1.29, 1.82) is 0 Å². The molecule has 0 aliphatic heterocycles. The molecule has 1 fully saturated rings. The quantitative estimate of drug-likeness (QED) is 0.814. The maximum atomic E-state index is 11.9. The van der Waals surface area contributed by atoms with Crippen LogP contribution < -0.4 is 10.6 Å². The van der Waals surface area contributed by atoms with Crippen molar-refractivity contribution in [3.8, 4) is 0 Å². The number of amides is 2. The smallest absolute Gasteiger partial charge is 0.313 e. The SMILES string of the molecule is CC1CCCCC1NC(=O)C(=O)Nc1cccc(Br)c1. The summed E-state index contributed by atoms with van der Waals surface area (Å²) in [5.74, 6) is -0.726. The molecule has 0 saturated heterocycles. The molecule has 2 unspecified atom stereocenters. The minimum atomic E-state index is -0.610. The highest BCUT2D eigenvalue weighted by atomic mass is 79.9. The molecule has 2 N–H and O–H groups in total. The van der Waals surface area contributed by atoms with Gasteiger partial charge in [0.2, 0.25) is 0 Å². The molecule has 0 spiro atoms. The summed E-state index contributed by atoms with van der Waals surface area (Å²) in [4.78, 5) is 23.8. The van der Waals surface area contributed by atoms with Crippen molar-refractivity contribution < 1.29 is 9.59 Å². The largest absolute Gasteiger partial charge is 0.345 e. The molecule has 2 rings (SSSR count). The summed E-state index contributed by atoms with van der Waals surface area (Å²) in [5.41, 5.74) is 0.608. The van der Waals surface area contributed by atoms with Crippen LogP contribution in [0.1, 0.15) is 32.6 Å². The standard InChI is InChI=1S/C15H19BrN2O2/c1-10-5-2-3-8-13(10)18-15(20)14(19)17-12-7-4-6-11(16)9-12/h4,6-7,9-10,13H,2-3,5,8H2,1H3,(H,17,19)(H,18,20). The number of carbonyl (C=O) groups is 2. The van der Waals surface area contributed by atoms with E-state index in [1.807, 2.05) is 6.07 Å². The van der Waals surface area contributed by atoms with E-state index in [1.165, 1.54) is 6.42 Å². The molecular formula is C15H19BrN2O2. The molecule has 5 heteroatoms. The molecule has 2 atom stereocenters. The van der Waals surface area contributed by atoms with Gasteiger partial charge in [0, 0.05) is 16.2 Å².